The SMILES string of the molecule is COc1ccc(OC)c2c1CN(C(=S)NCC[NH+]1CCOCC1)C[C@@H]2O. The molecule has 26 heavy (non-hydrogen) atoms. The lowest BCUT2D eigenvalue weighted by molar-refractivity contribution is -0.906. The van der Waals surface area contributed by atoms with Crippen molar-refractivity contribution in [2.75, 3.05) is 60.2 Å². The van der Waals surface area contributed by atoms with E-state index in [-0.39, 0.29) is 0 Å². The Hall–Kier alpha value is -1.61. The van der Waals surface area contributed by atoms with Crippen LogP contribution in [-0.4, -0.2) is 75.3 Å². The Labute approximate surface area is 159 Å². The van der Waals surface area contributed by atoms with Gasteiger partial charge in [-0.05, 0) is 24.4 Å². The highest BCUT2D eigenvalue weighted by Gasteiger charge is 2.30. The number of hydrogen-bond donors (Lipinski definition) is 3. The van der Waals surface area contributed by atoms with Gasteiger partial charge in [-0.3, -0.25) is 0 Å². The second kappa shape index (κ2) is 8.85. The van der Waals surface area contributed by atoms with E-state index in [1.807, 2.05) is 17.0 Å². The van der Waals surface area contributed by atoms with E-state index in [0.717, 1.165) is 56.3 Å². The van der Waals surface area contributed by atoms with Gasteiger partial charge in [0.15, 0.2) is 5.11 Å². The second-order valence-electron chi connectivity index (χ2n) is 6.60. The van der Waals surface area contributed by atoms with Gasteiger partial charge in [-0.25, -0.2) is 0 Å². The third-order valence-electron chi connectivity index (χ3n) is 5.03. The number of thiocarbonyl (C=S) groups is 1. The number of aliphatic hydroxyl groups excluding tert-OH is 1. The second-order valence-corrected chi connectivity index (χ2v) is 6.99. The topological polar surface area (TPSA) is 67.6 Å². The molecule has 1 aromatic carbocycles. The molecular weight excluding hydrogens is 354 g/mol. The average molecular weight is 383 g/mol. The Morgan fingerprint density at radius 2 is 2.00 bits per heavy atom. The van der Waals surface area contributed by atoms with Crippen LogP contribution >= 0.6 is 12.2 Å². The smallest absolute Gasteiger partial charge is 0.169 e. The van der Waals surface area contributed by atoms with Crippen molar-refractivity contribution in [3.63, 3.8) is 0 Å². The van der Waals surface area contributed by atoms with Crippen LogP contribution in [0, 0.1) is 0 Å². The van der Waals surface area contributed by atoms with E-state index in [4.69, 9.17) is 26.4 Å². The van der Waals surface area contributed by atoms with Crippen LogP contribution in [-0.2, 0) is 11.3 Å². The predicted molar refractivity (Wildman–Crippen MR) is 102 cm³/mol. The van der Waals surface area contributed by atoms with Gasteiger partial charge in [0, 0.05) is 17.7 Å². The molecule has 0 spiro atoms. The first-order valence-electron chi connectivity index (χ1n) is 9.00. The normalized spacial score (nSPS) is 20.4. The van der Waals surface area contributed by atoms with Crippen LogP contribution in [0.5, 0.6) is 11.5 Å². The number of nitrogens with zero attached hydrogens (tertiary/aromatic N) is 1. The summed E-state index contributed by atoms with van der Waals surface area (Å²) < 4.78 is 16.3. The highest BCUT2D eigenvalue weighted by Crippen LogP contribution is 2.39. The number of ether oxygens (including phenoxy) is 3. The Kier molecular flexibility index (Phi) is 6.53. The number of nitrogens with one attached hydrogen (secondary N) is 2. The van der Waals surface area contributed by atoms with Gasteiger partial charge < -0.3 is 34.4 Å². The van der Waals surface area contributed by atoms with E-state index in [0.29, 0.717) is 24.0 Å². The van der Waals surface area contributed by atoms with Crippen molar-refractivity contribution in [3.05, 3.63) is 23.3 Å². The number of aliphatic hydroxyl groups is 1. The average Bonchev–Trinajstić information content (AvgIpc) is 2.67. The van der Waals surface area contributed by atoms with Crippen LogP contribution in [0.1, 0.15) is 17.2 Å². The summed E-state index contributed by atoms with van der Waals surface area (Å²) in [7, 11) is 3.25. The minimum Gasteiger partial charge on any atom is -0.496 e. The van der Waals surface area contributed by atoms with E-state index < -0.39 is 6.10 Å². The van der Waals surface area contributed by atoms with Gasteiger partial charge in [0.05, 0.1) is 47.1 Å². The molecule has 0 bridgehead atoms. The first-order chi connectivity index (χ1) is 12.6. The van der Waals surface area contributed by atoms with Crippen molar-refractivity contribution in [2.24, 2.45) is 0 Å². The zero-order valence-electron chi connectivity index (χ0n) is 15.4. The van der Waals surface area contributed by atoms with Crippen LogP contribution in [0.3, 0.4) is 0 Å². The molecule has 0 amide bonds. The molecule has 2 aliphatic rings. The summed E-state index contributed by atoms with van der Waals surface area (Å²) in [5.74, 6) is 1.42. The fourth-order valence-corrected chi connectivity index (χ4v) is 3.84. The molecule has 2 heterocycles. The van der Waals surface area contributed by atoms with Gasteiger partial charge in [-0.2, -0.15) is 0 Å². The Morgan fingerprint density at radius 1 is 1.31 bits per heavy atom. The number of hydrogen-bond acceptors (Lipinski definition) is 5. The van der Waals surface area contributed by atoms with Crippen LogP contribution < -0.4 is 19.7 Å². The molecule has 0 aliphatic carbocycles. The van der Waals surface area contributed by atoms with Crippen molar-refractivity contribution in [1.29, 1.82) is 0 Å². The Balaban J connectivity index is 1.63. The molecule has 8 heteroatoms. The molecule has 3 rings (SSSR count). The quantitative estimate of drug-likeness (QED) is 0.585. The maximum Gasteiger partial charge on any atom is 0.169 e. The number of methoxy groups -OCH3 is 2. The monoisotopic (exact) mass is 382 g/mol. The largest absolute Gasteiger partial charge is 0.496 e. The summed E-state index contributed by atoms with van der Waals surface area (Å²) in [4.78, 5) is 3.51. The third kappa shape index (κ3) is 4.20. The molecule has 144 valence electrons. The highest BCUT2D eigenvalue weighted by molar-refractivity contribution is 7.80. The molecule has 1 aromatic rings. The van der Waals surface area contributed by atoms with Gasteiger partial charge in [0.25, 0.3) is 0 Å². The fraction of sp³-hybridized carbons (Fsp3) is 0.611. The summed E-state index contributed by atoms with van der Waals surface area (Å²) in [5, 5.41) is 14.6. The molecule has 1 fully saturated rings. The van der Waals surface area contributed by atoms with E-state index in [9.17, 15) is 5.11 Å². The van der Waals surface area contributed by atoms with E-state index in [1.54, 1.807) is 14.2 Å². The highest BCUT2D eigenvalue weighted by atomic mass is 32.1. The number of fused-ring (bicyclic) bond motifs is 1. The first kappa shape index (κ1) is 19.2. The van der Waals surface area contributed by atoms with Crippen molar-refractivity contribution < 1.29 is 24.2 Å². The molecule has 0 saturated carbocycles. The first-order valence-corrected chi connectivity index (χ1v) is 9.40. The number of benzene rings is 1. The lowest BCUT2D eigenvalue weighted by atomic mass is 9.95. The van der Waals surface area contributed by atoms with Gasteiger partial charge in [0.2, 0.25) is 0 Å². The lowest BCUT2D eigenvalue weighted by Gasteiger charge is -2.35. The minimum absolute atomic E-state index is 0.437. The molecule has 1 saturated heterocycles. The Morgan fingerprint density at radius 3 is 2.69 bits per heavy atom. The van der Waals surface area contributed by atoms with E-state index in [2.05, 4.69) is 5.32 Å². The van der Waals surface area contributed by atoms with E-state index >= 15 is 0 Å². The summed E-state index contributed by atoms with van der Waals surface area (Å²) in [6.45, 7) is 6.59. The summed E-state index contributed by atoms with van der Waals surface area (Å²) in [5.41, 5.74) is 1.72. The molecular formula is C18H28N3O4S+. The predicted octanol–water partition coefficient (Wildman–Crippen LogP) is -0.658. The molecule has 0 aromatic heterocycles. The number of morpholine rings is 1. The van der Waals surface area contributed by atoms with Crippen molar-refractivity contribution in [2.45, 2.75) is 12.6 Å². The number of rotatable bonds is 5. The third-order valence-corrected chi connectivity index (χ3v) is 5.43. The number of quaternary nitrogens is 1. The zero-order valence-corrected chi connectivity index (χ0v) is 16.2. The van der Waals surface area contributed by atoms with Gasteiger partial charge in [-0.15, -0.1) is 0 Å². The fourth-order valence-electron chi connectivity index (χ4n) is 3.60. The lowest BCUT2D eigenvalue weighted by Crippen LogP contribution is -3.14. The van der Waals surface area contributed by atoms with Gasteiger partial charge in [-0.1, -0.05) is 0 Å². The zero-order chi connectivity index (χ0) is 18.5. The molecule has 0 unspecified atom stereocenters. The van der Waals surface area contributed by atoms with Crippen LogP contribution in [0.2, 0.25) is 0 Å². The van der Waals surface area contributed by atoms with Crippen molar-refractivity contribution in [1.82, 2.24) is 10.2 Å². The standard InChI is InChI=1S/C18H27N3O4S/c1-23-15-3-4-16(24-2)17-13(15)11-21(12-14(17)22)18(26)19-5-6-20-7-9-25-10-8-20/h3-4,14,22H,5-12H2,1-2H3,(H,19,26)/p+1/t14-/m0/s1. The maximum absolute atomic E-state index is 10.7. The summed E-state index contributed by atoms with van der Waals surface area (Å²) in [6, 6.07) is 3.70. The molecule has 1 atom stereocenters. The van der Waals surface area contributed by atoms with Gasteiger partial charge in [0.1, 0.15) is 30.7 Å². The Bertz CT molecular complexity index is 637. The summed E-state index contributed by atoms with van der Waals surface area (Å²) >= 11 is 5.56. The minimum atomic E-state index is -0.673. The number of β-amino-alcohol motifs (C(OH)–C–C–N with tert-alkyl or cyclic N) is 1. The molecule has 3 N–H and O–H groups in total. The van der Waals surface area contributed by atoms with Gasteiger partial charge >= 0.3 is 0 Å². The maximum atomic E-state index is 10.7. The van der Waals surface area contributed by atoms with Crippen LogP contribution in [0.15, 0.2) is 12.1 Å². The molecule has 7 nitrogen and oxygen atoms in total. The van der Waals surface area contributed by atoms with Crippen molar-refractivity contribution >= 4 is 17.3 Å². The summed E-state index contributed by atoms with van der Waals surface area (Å²) in [6.07, 6.45) is -0.673. The molecule has 0 radical (unpaired) electrons. The van der Waals surface area contributed by atoms with Crippen LogP contribution in [0.25, 0.3) is 0 Å². The van der Waals surface area contributed by atoms with Crippen LogP contribution in [0.4, 0.5) is 0 Å². The van der Waals surface area contributed by atoms with E-state index in [1.165, 1.54) is 4.90 Å². The molecule has 2 aliphatic heterocycles. The van der Waals surface area contributed by atoms with Crippen molar-refractivity contribution in [3.8, 4) is 11.5 Å².